The van der Waals surface area contributed by atoms with Crippen molar-refractivity contribution in [2.75, 3.05) is 18.7 Å². The number of rotatable bonds is 5. The second kappa shape index (κ2) is 6.02. The molecule has 0 saturated carbocycles. The van der Waals surface area contributed by atoms with Crippen LogP contribution in [0.2, 0.25) is 0 Å². The molecule has 0 atom stereocenters. The van der Waals surface area contributed by atoms with E-state index in [9.17, 15) is 10.1 Å². The summed E-state index contributed by atoms with van der Waals surface area (Å²) < 4.78 is 5.05. The van der Waals surface area contributed by atoms with Crippen LogP contribution in [0.5, 0.6) is 5.75 Å². The number of hydrogen-bond donors (Lipinski definition) is 1. The van der Waals surface area contributed by atoms with Crippen molar-refractivity contribution in [2.24, 2.45) is 0 Å². The van der Waals surface area contributed by atoms with Gasteiger partial charge < -0.3 is 10.1 Å². The number of nitrogens with zero attached hydrogens (tertiary/aromatic N) is 1. The highest BCUT2D eigenvalue weighted by Gasteiger charge is 2.02. The van der Waals surface area contributed by atoms with Crippen molar-refractivity contribution < 1.29 is 9.66 Å². The fourth-order valence-corrected chi connectivity index (χ4v) is 1.49. The summed E-state index contributed by atoms with van der Waals surface area (Å²) >= 11 is 1.27. The Morgan fingerprint density at radius 3 is 2.94 bits per heavy atom. The van der Waals surface area contributed by atoms with E-state index in [1.165, 1.54) is 11.8 Å². The van der Waals surface area contributed by atoms with Gasteiger partial charge in [0.1, 0.15) is 10.8 Å². The molecule has 1 rings (SSSR count). The first-order chi connectivity index (χ1) is 7.65. The van der Waals surface area contributed by atoms with Crippen LogP contribution < -0.4 is 10.1 Å². The summed E-state index contributed by atoms with van der Waals surface area (Å²) in [5.74, 6) is 0.701. The maximum Gasteiger partial charge on any atom is 0.264 e. The molecule has 0 unspecified atom stereocenters. The van der Waals surface area contributed by atoms with Crippen molar-refractivity contribution in [1.82, 2.24) is 0 Å². The minimum atomic E-state index is -0.487. The normalized spacial score (nSPS) is 11.0. The van der Waals surface area contributed by atoms with Gasteiger partial charge in [-0.3, -0.25) is 10.1 Å². The molecule has 0 amide bonds. The number of thioether (sulfide) groups is 1. The largest absolute Gasteiger partial charge is 0.497 e. The first-order valence-electron chi connectivity index (χ1n) is 4.46. The average Bonchev–Trinajstić information content (AvgIpc) is 2.28. The van der Waals surface area contributed by atoms with Gasteiger partial charge in [0.25, 0.3) is 6.20 Å². The number of nitrogens with one attached hydrogen (secondary N) is 1. The van der Waals surface area contributed by atoms with Gasteiger partial charge in [-0.05, 0) is 18.4 Å². The molecule has 0 aliphatic carbocycles. The van der Waals surface area contributed by atoms with E-state index in [-0.39, 0.29) is 0 Å². The third kappa shape index (κ3) is 3.82. The van der Waals surface area contributed by atoms with Crippen LogP contribution in [-0.4, -0.2) is 18.3 Å². The Labute approximate surface area is 97.6 Å². The molecule has 0 aromatic heterocycles. The van der Waals surface area contributed by atoms with Crippen LogP contribution >= 0.6 is 11.8 Å². The van der Waals surface area contributed by atoms with Crippen molar-refractivity contribution in [3.63, 3.8) is 0 Å². The molecular formula is C10H12N2O3S. The first kappa shape index (κ1) is 12.4. The van der Waals surface area contributed by atoms with Crippen LogP contribution in [-0.2, 0) is 0 Å². The van der Waals surface area contributed by atoms with Gasteiger partial charge in [0.05, 0.1) is 12.0 Å². The second-order valence-corrected chi connectivity index (χ2v) is 3.69. The van der Waals surface area contributed by atoms with Crippen LogP contribution in [0.3, 0.4) is 0 Å². The highest BCUT2D eigenvalue weighted by atomic mass is 32.2. The lowest BCUT2D eigenvalue weighted by Gasteiger charge is -2.07. The van der Waals surface area contributed by atoms with Crippen molar-refractivity contribution in [3.05, 3.63) is 45.6 Å². The Kier molecular flexibility index (Phi) is 4.65. The van der Waals surface area contributed by atoms with Gasteiger partial charge in [0.2, 0.25) is 0 Å². The lowest BCUT2D eigenvalue weighted by molar-refractivity contribution is -0.402. The predicted molar refractivity (Wildman–Crippen MR) is 65.2 cm³/mol. The van der Waals surface area contributed by atoms with E-state index in [0.29, 0.717) is 10.8 Å². The smallest absolute Gasteiger partial charge is 0.264 e. The van der Waals surface area contributed by atoms with Crippen LogP contribution in [0.1, 0.15) is 0 Å². The Bertz CT molecular complexity index is 407. The summed E-state index contributed by atoms with van der Waals surface area (Å²) in [5, 5.41) is 13.7. The van der Waals surface area contributed by atoms with Gasteiger partial charge in [0, 0.05) is 11.8 Å². The van der Waals surface area contributed by atoms with Gasteiger partial charge in [0.15, 0.2) is 0 Å². The number of nitro groups is 1. The molecule has 0 radical (unpaired) electrons. The first-order valence-corrected chi connectivity index (χ1v) is 5.68. The minimum Gasteiger partial charge on any atom is -0.497 e. The summed E-state index contributed by atoms with van der Waals surface area (Å²) in [4.78, 5) is 9.85. The maximum absolute atomic E-state index is 10.3. The lowest BCUT2D eigenvalue weighted by atomic mass is 10.3. The van der Waals surface area contributed by atoms with E-state index in [2.05, 4.69) is 5.32 Å². The summed E-state index contributed by atoms with van der Waals surface area (Å²) in [6.07, 6.45) is 2.70. The molecule has 0 saturated heterocycles. The average molecular weight is 240 g/mol. The zero-order chi connectivity index (χ0) is 12.0. The summed E-state index contributed by atoms with van der Waals surface area (Å²) in [6.45, 7) is 0. The molecule has 86 valence electrons. The van der Waals surface area contributed by atoms with Crippen LogP contribution in [0, 0.1) is 10.1 Å². The van der Waals surface area contributed by atoms with E-state index in [0.717, 1.165) is 11.9 Å². The minimum absolute atomic E-state index is 0.471. The Balaban J connectivity index is 2.81. The molecule has 0 spiro atoms. The highest BCUT2D eigenvalue weighted by Crippen LogP contribution is 2.21. The number of hydrogen-bond acceptors (Lipinski definition) is 5. The topological polar surface area (TPSA) is 64.4 Å². The number of methoxy groups -OCH3 is 1. The van der Waals surface area contributed by atoms with E-state index < -0.39 is 4.92 Å². The number of ether oxygens (including phenoxy) is 1. The van der Waals surface area contributed by atoms with E-state index >= 15 is 0 Å². The van der Waals surface area contributed by atoms with E-state index in [4.69, 9.17) is 4.74 Å². The van der Waals surface area contributed by atoms with Gasteiger partial charge in [-0.1, -0.05) is 6.07 Å². The third-order valence-corrected chi connectivity index (χ3v) is 2.43. The maximum atomic E-state index is 10.3. The zero-order valence-electron chi connectivity index (χ0n) is 8.97. The van der Waals surface area contributed by atoms with Gasteiger partial charge in [-0.2, -0.15) is 0 Å². The summed E-state index contributed by atoms with van der Waals surface area (Å²) in [7, 11) is 1.57. The zero-order valence-corrected chi connectivity index (χ0v) is 9.78. The van der Waals surface area contributed by atoms with Gasteiger partial charge >= 0.3 is 0 Å². The van der Waals surface area contributed by atoms with Gasteiger partial charge in [-0.25, -0.2) is 0 Å². The molecule has 16 heavy (non-hydrogen) atoms. The number of anilines is 1. The predicted octanol–water partition coefficient (Wildman–Crippen LogP) is 2.55. The molecule has 5 nitrogen and oxygen atoms in total. The molecule has 1 aromatic carbocycles. The molecule has 0 bridgehead atoms. The monoisotopic (exact) mass is 240 g/mol. The molecule has 0 aliphatic rings. The fourth-order valence-electron chi connectivity index (χ4n) is 1.07. The van der Waals surface area contributed by atoms with Crippen molar-refractivity contribution in [1.29, 1.82) is 0 Å². The molecule has 6 heteroatoms. The van der Waals surface area contributed by atoms with E-state index in [1.807, 2.05) is 12.1 Å². The molecule has 0 fully saturated rings. The fraction of sp³-hybridized carbons (Fsp3) is 0.200. The quantitative estimate of drug-likeness (QED) is 0.633. The second-order valence-electron chi connectivity index (χ2n) is 2.84. The molecule has 1 N–H and O–H groups in total. The summed E-state index contributed by atoms with van der Waals surface area (Å²) in [5.41, 5.74) is 0.752. The lowest BCUT2D eigenvalue weighted by Crippen LogP contribution is -1.99. The molecule has 1 aromatic rings. The van der Waals surface area contributed by atoms with Crippen LogP contribution in [0.4, 0.5) is 5.69 Å². The van der Waals surface area contributed by atoms with Crippen LogP contribution in [0.25, 0.3) is 0 Å². The molecule has 0 aliphatic heterocycles. The molecular weight excluding hydrogens is 228 g/mol. The Morgan fingerprint density at radius 2 is 2.38 bits per heavy atom. The van der Waals surface area contributed by atoms with Gasteiger partial charge in [-0.15, -0.1) is 11.8 Å². The van der Waals surface area contributed by atoms with Crippen molar-refractivity contribution in [2.45, 2.75) is 0 Å². The van der Waals surface area contributed by atoms with E-state index in [1.54, 1.807) is 25.5 Å². The SMILES string of the molecule is COc1cccc(N/C(=C/[N+](=O)[O-])SC)c1. The third-order valence-electron chi connectivity index (χ3n) is 1.78. The standard InChI is InChI=1S/C10H12N2O3S/c1-15-9-5-3-4-8(6-9)11-10(16-2)7-12(13)14/h3-7,11H,1-2H3/b10-7-. The van der Waals surface area contributed by atoms with Crippen molar-refractivity contribution >= 4 is 17.4 Å². The molecule has 0 heterocycles. The Morgan fingerprint density at radius 1 is 1.62 bits per heavy atom. The van der Waals surface area contributed by atoms with Crippen molar-refractivity contribution in [3.8, 4) is 5.75 Å². The summed E-state index contributed by atoms with van der Waals surface area (Å²) in [6, 6.07) is 7.20. The highest BCUT2D eigenvalue weighted by molar-refractivity contribution is 8.02. The number of benzene rings is 1. The van der Waals surface area contributed by atoms with Crippen LogP contribution in [0.15, 0.2) is 35.5 Å². The Hall–Kier alpha value is -1.69.